The molecule has 1 aliphatic rings. The number of halogens is 5. The van der Waals surface area contributed by atoms with Gasteiger partial charge in [-0.1, -0.05) is 53.5 Å². The van der Waals surface area contributed by atoms with Gasteiger partial charge in [0.2, 0.25) is 0 Å². The number of amides is 2. The molecule has 0 saturated carbocycles. The van der Waals surface area contributed by atoms with E-state index in [0.717, 1.165) is 43.3 Å². The lowest BCUT2D eigenvalue weighted by molar-refractivity contribution is -0.169. The highest BCUT2D eigenvalue weighted by atomic mass is 35.5. The zero-order chi connectivity index (χ0) is 30.6. The van der Waals surface area contributed by atoms with E-state index in [1.165, 1.54) is 36.4 Å². The molecule has 1 aromatic heterocycles. The first kappa shape index (κ1) is 30.3. The first-order chi connectivity index (χ1) is 20.6. The molecule has 43 heavy (non-hydrogen) atoms. The summed E-state index contributed by atoms with van der Waals surface area (Å²) in [6, 6.07) is 20.5. The van der Waals surface area contributed by atoms with Crippen LogP contribution in [0.3, 0.4) is 0 Å². The number of piperidine rings is 1. The fourth-order valence-electron chi connectivity index (χ4n) is 4.65. The summed E-state index contributed by atoms with van der Waals surface area (Å²) in [5.74, 6) is -2.83. The number of aromatic nitrogens is 1. The minimum Gasteiger partial charge on any atom is -0.489 e. The summed E-state index contributed by atoms with van der Waals surface area (Å²) in [7, 11) is 0. The summed E-state index contributed by atoms with van der Waals surface area (Å²) in [6.45, 7) is 1.52. The van der Waals surface area contributed by atoms with Gasteiger partial charge in [-0.25, -0.2) is 4.98 Å². The second kappa shape index (κ2) is 13.0. The number of nitrogens with zero attached hydrogens (tertiary/aromatic N) is 2. The van der Waals surface area contributed by atoms with E-state index in [-0.39, 0.29) is 33.9 Å². The molecule has 12 heteroatoms. The molecule has 1 aliphatic heterocycles. The lowest BCUT2D eigenvalue weighted by Crippen LogP contribution is -2.39. The highest BCUT2D eigenvalue weighted by molar-refractivity contribution is 6.30. The lowest BCUT2D eigenvalue weighted by atomic mass is 10.0. The summed E-state index contributed by atoms with van der Waals surface area (Å²) in [4.78, 5) is 30.6. The molecule has 2 amide bonds. The zero-order valence-electron chi connectivity index (χ0n) is 22.5. The van der Waals surface area contributed by atoms with Gasteiger partial charge in [0.05, 0.1) is 22.0 Å². The molecule has 1 fully saturated rings. The van der Waals surface area contributed by atoms with E-state index in [4.69, 9.17) is 27.9 Å². The number of benzene rings is 3. The van der Waals surface area contributed by atoms with Gasteiger partial charge in [-0.3, -0.25) is 14.5 Å². The first-order valence-corrected chi connectivity index (χ1v) is 14.1. The first-order valence-electron chi connectivity index (χ1n) is 13.3. The Labute approximate surface area is 255 Å². The molecule has 0 aliphatic carbocycles. The van der Waals surface area contributed by atoms with Gasteiger partial charge in [-0.15, -0.1) is 0 Å². The molecule has 0 radical (unpaired) electrons. The molecule has 0 unspecified atom stereocenters. The molecule has 0 spiro atoms. The molecule has 1 saturated heterocycles. The maximum Gasteiger partial charge on any atom is 0.472 e. The Morgan fingerprint density at radius 3 is 2.26 bits per heavy atom. The van der Waals surface area contributed by atoms with Gasteiger partial charge in [0, 0.05) is 11.2 Å². The van der Waals surface area contributed by atoms with Crippen molar-refractivity contribution in [3.8, 4) is 16.9 Å². The average molecular weight is 629 g/mol. The second-order valence-electron chi connectivity index (χ2n) is 9.73. The predicted molar refractivity (Wildman–Crippen MR) is 160 cm³/mol. The fraction of sp³-hybridized carbons (Fsp3) is 0.194. The third-order valence-electron chi connectivity index (χ3n) is 6.76. The number of pyridine rings is 1. The van der Waals surface area contributed by atoms with Crippen LogP contribution >= 0.6 is 23.2 Å². The zero-order valence-corrected chi connectivity index (χ0v) is 24.0. The number of carbonyl (C=O) groups is 2. The van der Waals surface area contributed by atoms with E-state index in [9.17, 15) is 22.8 Å². The molecular formula is C31H25Cl2F3N4O3. The Bertz CT molecular complexity index is 1610. The summed E-state index contributed by atoms with van der Waals surface area (Å²) in [5.41, 5.74) is 1.54. The Morgan fingerprint density at radius 2 is 1.58 bits per heavy atom. The van der Waals surface area contributed by atoms with Crippen LogP contribution in [0.1, 0.15) is 23.2 Å². The predicted octanol–water partition coefficient (Wildman–Crippen LogP) is 7.67. The molecule has 5 rings (SSSR count). The quantitative estimate of drug-likeness (QED) is 0.219. The number of ether oxygens (including phenoxy) is 1. The number of hydrogen-bond donors (Lipinski definition) is 2. The molecule has 3 aromatic carbocycles. The third kappa shape index (κ3) is 7.27. The SMILES string of the molecule is O=C(Nc1ccccc1N(C(=O)C(F)(F)F)c1ccc(Cl)cn1)c1ccc(-c2ccc(Cl)cc2)cc1OC1CCNCC1. The Morgan fingerprint density at radius 1 is 0.907 bits per heavy atom. The molecule has 2 N–H and O–H groups in total. The van der Waals surface area contributed by atoms with Crippen molar-refractivity contribution in [3.63, 3.8) is 0 Å². The normalized spacial score (nSPS) is 13.8. The summed E-state index contributed by atoms with van der Waals surface area (Å²) in [5, 5.41) is 6.70. The van der Waals surface area contributed by atoms with Crippen LogP contribution in [-0.4, -0.2) is 42.2 Å². The third-order valence-corrected chi connectivity index (χ3v) is 7.24. The van der Waals surface area contributed by atoms with Crippen LogP contribution < -0.4 is 20.3 Å². The Balaban J connectivity index is 1.52. The van der Waals surface area contributed by atoms with Crippen LogP contribution in [0.4, 0.5) is 30.4 Å². The number of anilines is 3. The van der Waals surface area contributed by atoms with Gasteiger partial charge >= 0.3 is 12.1 Å². The molecule has 0 bridgehead atoms. The minimum atomic E-state index is -5.23. The van der Waals surface area contributed by atoms with Gasteiger partial charge in [0.15, 0.2) is 0 Å². The van der Waals surface area contributed by atoms with Crippen molar-refractivity contribution >= 4 is 52.2 Å². The van der Waals surface area contributed by atoms with Gasteiger partial charge in [-0.2, -0.15) is 13.2 Å². The summed E-state index contributed by atoms with van der Waals surface area (Å²) in [6.07, 6.45) is -2.78. The van der Waals surface area contributed by atoms with Gasteiger partial charge in [0.1, 0.15) is 17.7 Å². The number of rotatable bonds is 7. The van der Waals surface area contributed by atoms with Crippen LogP contribution in [-0.2, 0) is 4.79 Å². The van der Waals surface area contributed by atoms with E-state index in [0.29, 0.717) is 15.7 Å². The average Bonchev–Trinajstić information content (AvgIpc) is 2.99. The van der Waals surface area contributed by atoms with Crippen molar-refractivity contribution in [1.82, 2.24) is 10.3 Å². The second-order valence-corrected chi connectivity index (χ2v) is 10.6. The van der Waals surface area contributed by atoms with E-state index >= 15 is 0 Å². The minimum absolute atomic E-state index is 0.0450. The topological polar surface area (TPSA) is 83.6 Å². The largest absolute Gasteiger partial charge is 0.489 e. The summed E-state index contributed by atoms with van der Waals surface area (Å²) >= 11 is 11.9. The van der Waals surface area contributed by atoms with Crippen molar-refractivity contribution in [2.45, 2.75) is 25.1 Å². The number of para-hydroxylation sites is 2. The van der Waals surface area contributed by atoms with Crippen LogP contribution in [0.25, 0.3) is 11.1 Å². The Hall–Kier alpha value is -4.12. The number of alkyl halides is 3. The summed E-state index contributed by atoms with van der Waals surface area (Å²) < 4.78 is 47.5. The monoisotopic (exact) mass is 628 g/mol. The highest BCUT2D eigenvalue weighted by Gasteiger charge is 2.44. The van der Waals surface area contributed by atoms with Gasteiger partial charge in [-0.05, 0) is 85.6 Å². The van der Waals surface area contributed by atoms with E-state index in [1.807, 2.05) is 12.1 Å². The van der Waals surface area contributed by atoms with E-state index < -0.39 is 18.0 Å². The van der Waals surface area contributed by atoms with Crippen molar-refractivity contribution in [2.24, 2.45) is 0 Å². The standard InChI is InChI=1S/C31H25Cl2F3N4O3/c32-21-8-5-19(6-9-21)20-7-11-24(27(17-20)43-23-13-15-37-16-14-23)29(41)39-25-3-1-2-4-26(25)40(30(42)31(34,35)36)28-12-10-22(33)18-38-28/h1-12,17-18,23,37H,13-16H2,(H,39,41). The van der Waals surface area contributed by atoms with Gasteiger partial charge < -0.3 is 15.4 Å². The van der Waals surface area contributed by atoms with E-state index in [2.05, 4.69) is 15.6 Å². The molecule has 4 aromatic rings. The smallest absolute Gasteiger partial charge is 0.472 e. The maximum absolute atomic E-state index is 13.7. The fourth-order valence-corrected chi connectivity index (χ4v) is 4.89. The highest BCUT2D eigenvalue weighted by Crippen LogP contribution is 2.36. The van der Waals surface area contributed by atoms with Crippen LogP contribution in [0.5, 0.6) is 5.75 Å². The van der Waals surface area contributed by atoms with Crippen molar-refractivity contribution < 1.29 is 27.5 Å². The van der Waals surface area contributed by atoms with Crippen molar-refractivity contribution in [1.29, 1.82) is 0 Å². The molecule has 2 heterocycles. The number of nitrogens with one attached hydrogen (secondary N) is 2. The molecule has 0 atom stereocenters. The van der Waals surface area contributed by atoms with E-state index in [1.54, 1.807) is 30.3 Å². The van der Waals surface area contributed by atoms with Crippen molar-refractivity contribution in [3.05, 3.63) is 101 Å². The van der Waals surface area contributed by atoms with Gasteiger partial charge in [0.25, 0.3) is 5.91 Å². The molecule has 222 valence electrons. The molecular weight excluding hydrogens is 604 g/mol. The number of carbonyl (C=O) groups excluding carboxylic acids is 2. The van der Waals surface area contributed by atoms with Crippen LogP contribution in [0.15, 0.2) is 85.1 Å². The van der Waals surface area contributed by atoms with Crippen molar-refractivity contribution in [2.75, 3.05) is 23.3 Å². The lowest BCUT2D eigenvalue weighted by Gasteiger charge is -2.26. The molecule has 7 nitrogen and oxygen atoms in total. The maximum atomic E-state index is 13.7. The Kier molecular flexibility index (Phi) is 9.19. The number of hydrogen-bond acceptors (Lipinski definition) is 5. The van der Waals surface area contributed by atoms with Crippen LogP contribution in [0, 0.1) is 0 Å². The van der Waals surface area contributed by atoms with Crippen LogP contribution in [0.2, 0.25) is 10.0 Å².